The minimum atomic E-state index is -3.91. The van der Waals surface area contributed by atoms with E-state index in [2.05, 4.69) is 10.3 Å². The fourth-order valence-corrected chi connectivity index (χ4v) is 4.36. The van der Waals surface area contributed by atoms with E-state index in [1.165, 1.54) is 0 Å². The first kappa shape index (κ1) is 21.5. The summed E-state index contributed by atoms with van der Waals surface area (Å²) >= 11 is 0. The molecule has 0 aliphatic rings. The summed E-state index contributed by atoms with van der Waals surface area (Å²) in [6.07, 6.45) is 4.13. The molecule has 3 rings (SSSR count). The van der Waals surface area contributed by atoms with Gasteiger partial charge in [0.1, 0.15) is 6.54 Å². The molecule has 0 bridgehead atoms. The van der Waals surface area contributed by atoms with Gasteiger partial charge in [0, 0.05) is 18.9 Å². The number of rotatable bonds is 8. The van der Waals surface area contributed by atoms with E-state index in [1.54, 1.807) is 60.9 Å². The van der Waals surface area contributed by atoms with E-state index in [9.17, 15) is 13.2 Å². The lowest BCUT2D eigenvalue weighted by molar-refractivity contribution is -0.119. The van der Waals surface area contributed by atoms with Crippen LogP contribution in [0.2, 0.25) is 0 Å². The molecule has 2 aromatic carbocycles. The second-order valence-electron chi connectivity index (χ2n) is 6.98. The summed E-state index contributed by atoms with van der Waals surface area (Å²) in [7, 11) is -3.91. The van der Waals surface area contributed by atoms with Gasteiger partial charge in [-0.25, -0.2) is 8.42 Å². The maximum atomic E-state index is 13.3. The van der Waals surface area contributed by atoms with Gasteiger partial charge < -0.3 is 5.32 Å². The molecule has 0 aliphatic carbocycles. The van der Waals surface area contributed by atoms with E-state index < -0.39 is 10.0 Å². The van der Waals surface area contributed by atoms with Crippen molar-refractivity contribution >= 4 is 21.6 Å². The number of nitrogens with one attached hydrogen (secondary N) is 1. The number of sulfonamides is 1. The average Bonchev–Trinajstić information content (AvgIpc) is 2.77. The van der Waals surface area contributed by atoms with Crippen LogP contribution in [0, 0.1) is 6.92 Å². The second kappa shape index (κ2) is 9.54. The zero-order chi connectivity index (χ0) is 21.6. The van der Waals surface area contributed by atoms with Crippen LogP contribution in [0.15, 0.2) is 78.0 Å². The third kappa shape index (κ3) is 5.24. The first-order valence-corrected chi connectivity index (χ1v) is 11.2. The predicted molar refractivity (Wildman–Crippen MR) is 118 cm³/mol. The van der Waals surface area contributed by atoms with E-state index >= 15 is 0 Å². The monoisotopic (exact) mass is 423 g/mol. The van der Waals surface area contributed by atoms with E-state index in [0.717, 1.165) is 27.4 Å². The molecule has 0 unspecified atom stereocenters. The summed E-state index contributed by atoms with van der Waals surface area (Å²) in [6, 6.07) is 17.4. The summed E-state index contributed by atoms with van der Waals surface area (Å²) in [6.45, 7) is 3.91. The van der Waals surface area contributed by atoms with Crippen LogP contribution in [0.3, 0.4) is 0 Å². The number of carbonyl (C=O) groups excluding carboxylic acids is 1. The molecule has 30 heavy (non-hydrogen) atoms. The van der Waals surface area contributed by atoms with Crippen molar-refractivity contribution in [2.75, 3.05) is 10.8 Å². The van der Waals surface area contributed by atoms with Crippen molar-refractivity contribution in [3.8, 4) is 0 Å². The fourth-order valence-electron chi connectivity index (χ4n) is 2.94. The highest BCUT2D eigenvalue weighted by Crippen LogP contribution is 2.24. The van der Waals surface area contributed by atoms with Crippen LogP contribution in [-0.4, -0.2) is 25.9 Å². The molecule has 0 saturated heterocycles. The Bertz CT molecular complexity index is 1080. The van der Waals surface area contributed by atoms with Gasteiger partial charge in [-0.05, 0) is 60.9 Å². The number of aryl methyl sites for hydroxylation is 2. The first-order chi connectivity index (χ1) is 14.4. The van der Waals surface area contributed by atoms with Crippen LogP contribution >= 0.6 is 0 Å². The molecule has 1 aromatic heterocycles. The van der Waals surface area contributed by atoms with Crippen molar-refractivity contribution in [3.63, 3.8) is 0 Å². The maximum Gasteiger partial charge on any atom is 0.264 e. The lowest BCUT2D eigenvalue weighted by Gasteiger charge is -2.24. The summed E-state index contributed by atoms with van der Waals surface area (Å²) in [5, 5.41) is 2.78. The SMILES string of the molecule is CCc1ccc(N(CC(=O)NCc2ccncc2)S(=O)(=O)c2ccc(C)cc2)cc1. The normalized spacial score (nSPS) is 11.1. The van der Waals surface area contributed by atoms with Gasteiger partial charge in [0.15, 0.2) is 0 Å². The van der Waals surface area contributed by atoms with Crippen molar-refractivity contribution in [2.45, 2.75) is 31.7 Å². The van der Waals surface area contributed by atoms with Crippen LogP contribution in [-0.2, 0) is 27.8 Å². The Morgan fingerprint density at radius 2 is 1.57 bits per heavy atom. The van der Waals surface area contributed by atoms with Gasteiger partial charge in [0.2, 0.25) is 5.91 Å². The van der Waals surface area contributed by atoms with Gasteiger partial charge in [-0.1, -0.05) is 36.8 Å². The topological polar surface area (TPSA) is 79.4 Å². The number of nitrogens with zero attached hydrogens (tertiary/aromatic N) is 2. The van der Waals surface area contributed by atoms with Crippen LogP contribution in [0.4, 0.5) is 5.69 Å². The standard InChI is InChI=1S/C23H25N3O3S/c1-3-19-6-8-21(9-7-19)26(30(28,29)22-10-4-18(2)5-11-22)17-23(27)25-16-20-12-14-24-15-13-20/h4-15H,3,16-17H2,1-2H3,(H,25,27). The molecule has 0 aliphatic heterocycles. The number of aromatic nitrogens is 1. The number of hydrogen-bond acceptors (Lipinski definition) is 4. The summed E-state index contributed by atoms with van der Waals surface area (Å²) in [5.74, 6) is -0.387. The highest BCUT2D eigenvalue weighted by atomic mass is 32.2. The van der Waals surface area contributed by atoms with Crippen molar-refractivity contribution in [1.29, 1.82) is 0 Å². The molecule has 3 aromatic rings. The Morgan fingerprint density at radius 3 is 2.17 bits per heavy atom. The molecule has 0 fully saturated rings. The van der Waals surface area contributed by atoms with Gasteiger partial charge in [0.25, 0.3) is 10.0 Å². The second-order valence-corrected chi connectivity index (χ2v) is 8.84. The van der Waals surface area contributed by atoms with Crippen molar-refractivity contribution in [1.82, 2.24) is 10.3 Å². The van der Waals surface area contributed by atoms with Crippen molar-refractivity contribution in [2.24, 2.45) is 0 Å². The third-order valence-corrected chi connectivity index (χ3v) is 6.56. The van der Waals surface area contributed by atoms with Gasteiger partial charge in [-0.3, -0.25) is 14.1 Å². The van der Waals surface area contributed by atoms with Crippen LogP contribution in [0.1, 0.15) is 23.6 Å². The molecule has 156 valence electrons. The first-order valence-electron chi connectivity index (χ1n) is 9.74. The highest BCUT2D eigenvalue weighted by molar-refractivity contribution is 7.92. The molecule has 0 atom stereocenters. The van der Waals surface area contributed by atoms with E-state index in [0.29, 0.717) is 12.2 Å². The zero-order valence-corrected chi connectivity index (χ0v) is 17.9. The summed E-state index contributed by atoms with van der Waals surface area (Å²) < 4.78 is 27.8. The van der Waals surface area contributed by atoms with Gasteiger partial charge in [0.05, 0.1) is 10.6 Å². The van der Waals surface area contributed by atoms with E-state index in [1.807, 2.05) is 26.0 Å². The van der Waals surface area contributed by atoms with Crippen molar-refractivity contribution < 1.29 is 13.2 Å². The minimum absolute atomic E-state index is 0.148. The minimum Gasteiger partial charge on any atom is -0.350 e. The van der Waals surface area contributed by atoms with Crippen LogP contribution in [0.5, 0.6) is 0 Å². The Hall–Kier alpha value is -3.19. The number of carbonyl (C=O) groups is 1. The van der Waals surface area contributed by atoms with Gasteiger partial charge in [-0.15, -0.1) is 0 Å². The number of amides is 1. The van der Waals surface area contributed by atoms with Crippen LogP contribution < -0.4 is 9.62 Å². The number of hydrogen-bond donors (Lipinski definition) is 1. The molecule has 1 N–H and O–H groups in total. The Labute approximate surface area is 177 Å². The molecular weight excluding hydrogens is 398 g/mol. The smallest absolute Gasteiger partial charge is 0.264 e. The lowest BCUT2D eigenvalue weighted by atomic mass is 10.1. The Balaban J connectivity index is 1.86. The number of benzene rings is 2. The van der Waals surface area contributed by atoms with E-state index in [-0.39, 0.29) is 17.3 Å². The summed E-state index contributed by atoms with van der Waals surface area (Å²) in [4.78, 5) is 16.7. The van der Waals surface area contributed by atoms with Crippen molar-refractivity contribution in [3.05, 3.63) is 89.7 Å². The molecular formula is C23H25N3O3S. The fraction of sp³-hybridized carbons (Fsp3) is 0.217. The van der Waals surface area contributed by atoms with E-state index in [4.69, 9.17) is 0 Å². The Morgan fingerprint density at radius 1 is 0.933 bits per heavy atom. The zero-order valence-electron chi connectivity index (χ0n) is 17.1. The van der Waals surface area contributed by atoms with Gasteiger partial charge >= 0.3 is 0 Å². The maximum absolute atomic E-state index is 13.3. The molecule has 0 radical (unpaired) electrons. The molecule has 7 heteroatoms. The molecule has 0 saturated carbocycles. The predicted octanol–water partition coefficient (Wildman–Crippen LogP) is 3.46. The van der Waals surface area contributed by atoms with Gasteiger partial charge in [-0.2, -0.15) is 0 Å². The lowest BCUT2D eigenvalue weighted by Crippen LogP contribution is -2.40. The molecule has 1 heterocycles. The quantitative estimate of drug-likeness (QED) is 0.602. The average molecular weight is 424 g/mol. The molecule has 0 spiro atoms. The van der Waals surface area contributed by atoms with Crippen LogP contribution in [0.25, 0.3) is 0 Å². The molecule has 6 nitrogen and oxygen atoms in total. The third-order valence-electron chi connectivity index (χ3n) is 4.77. The Kier molecular flexibility index (Phi) is 6.84. The summed E-state index contributed by atoms with van der Waals surface area (Å²) in [5.41, 5.74) is 3.39. The largest absolute Gasteiger partial charge is 0.350 e. The number of anilines is 1. The number of pyridine rings is 1. The highest BCUT2D eigenvalue weighted by Gasteiger charge is 2.27. The molecule has 1 amide bonds.